The summed E-state index contributed by atoms with van der Waals surface area (Å²) in [5.41, 5.74) is 5.73. The fourth-order valence-electron chi connectivity index (χ4n) is 1.21. The fourth-order valence-corrected chi connectivity index (χ4v) is 1.63. The second-order valence-corrected chi connectivity index (χ2v) is 5.13. The zero-order chi connectivity index (χ0) is 13.1. The lowest BCUT2D eigenvalue weighted by Gasteiger charge is -2.21. The van der Waals surface area contributed by atoms with Crippen LogP contribution in [-0.2, 0) is 0 Å². The third-order valence-corrected chi connectivity index (χ3v) is 3.32. The topological polar surface area (TPSA) is 75.3 Å². The van der Waals surface area contributed by atoms with Crippen molar-refractivity contribution in [1.29, 1.82) is 0 Å². The number of nitrogens with two attached hydrogens (primary N) is 1. The normalized spacial score (nSPS) is 14.1. The molecule has 1 atom stereocenters. The maximum absolute atomic E-state index is 11.9. The summed E-state index contributed by atoms with van der Waals surface area (Å²) >= 11 is 3.29. The third-order valence-electron chi connectivity index (χ3n) is 2.63. The van der Waals surface area contributed by atoms with Gasteiger partial charge in [0.05, 0.1) is 11.2 Å². The Bertz CT molecular complexity index is 419. The summed E-state index contributed by atoms with van der Waals surface area (Å²) in [5, 5.41) is 12.5. The molecule has 1 aromatic carbocycles. The number of carbonyl (C=O) groups is 1. The van der Waals surface area contributed by atoms with E-state index in [1.165, 1.54) is 0 Å². The van der Waals surface area contributed by atoms with Gasteiger partial charge in [-0.1, -0.05) is 6.92 Å². The molecule has 0 heterocycles. The van der Waals surface area contributed by atoms with Crippen molar-refractivity contribution in [3.05, 3.63) is 28.2 Å². The Morgan fingerprint density at radius 3 is 2.82 bits per heavy atom. The minimum absolute atomic E-state index is 0.212. The predicted molar refractivity (Wildman–Crippen MR) is 71.8 cm³/mol. The van der Waals surface area contributed by atoms with Gasteiger partial charge in [0, 0.05) is 16.7 Å². The number of carbonyl (C=O) groups excluding carboxylic acids is 1. The highest BCUT2D eigenvalue weighted by atomic mass is 79.9. The first-order valence-corrected chi connectivity index (χ1v) is 6.20. The Morgan fingerprint density at radius 2 is 2.24 bits per heavy atom. The van der Waals surface area contributed by atoms with Gasteiger partial charge in [-0.2, -0.15) is 0 Å². The van der Waals surface area contributed by atoms with Crippen molar-refractivity contribution in [2.45, 2.75) is 25.9 Å². The van der Waals surface area contributed by atoms with Gasteiger partial charge in [0.25, 0.3) is 5.91 Å². The van der Waals surface area contributed by atoms with Crippen molar-refractivity contribution < 1.29 is 9.90 Å². The van der Waals surface area contributed by atoms with E-state index in [-0.39, 0.29) is 12.5 Å². The van der Waals surface area contributed by atoms with Crippen LogP contribution in [0.3, 0.4) is 0 Å². The van der Waals surface area contributed by atoms with Crippen LogP contribution in [0.2, 0.25) is 0 Å². The molecule has 1 aromatic rings. The van der Waals surface area contributed by atoms with E-state index in [0.717, 1.165) is 0 Å². The van der Waals surface area contributed by atoms with E-state index in [2.05, 4.69) is 21.2 Å². The lowest BCUT2D eigenvalue weighted by molar-refractivity contribution is 0.0518. The largest absolute Gasteiger partial charge is 0.399 e. The molecule has 17 heavy (non-hydrogen) atoms. The van der Waals surface area contributed by atoms with Crippen molar-refractivity contribution in [3.63, 3.8) is 0 Å². The fraction of sp³-hybridized carbons (Fsp3) is 0.417. The van der Waals surface area contributed by atoms with Crippen molar-refractivity contribution in [3.8, 4) is 0 Å². The highest BCUT2D eigenvalue weighted by Crippen LogP contribution is 2.19. The smallest absolute Gasteiger partial charge is 0.252 e. The van der Waals surface area contributed by atoms with Gasteiger partial charge in [-0.05, 0) is 47.5 Å². The number of anilines is 1. The first kappa shape index (κ1) is 14.0. The summed E-state index contributed by atoms with van der Waals surface area (Å²) in [6.45, 7) is 3.76. The molecular weight excluding hydrogens is 284 g/mol. The van der Waals surface area contributed by atoms with Crippen molar-refractivity contribution in [2.24, 2.45) is 0 Å². The van der Waals surface area contributed by atoms with Gasteiger partial charge in [0.15, 0.2) is 0 Å². The third kappa shape index (κ3) is 4.02. The number of nitrogens with one attached hydrogen (secondary N) is 1. The number of hydrogen-bond acceptors (Lipinski definition) is 3. The van der Waals surface area contributed by atoms with Crippen LogP contribution in [0, 0.1) is 0 Å². The van der Waals surface area contributed by atoms with Gasteiger partial charge >= 0.3 is 0 Å². The van der Waals surface area contributed by atoms with E-state index in [4.69, 9.17) is 5.73 Å². The van der Waals surface area contributed by atoms with Gasteiger partial charge < -0.3 is 16.2 Å². The molecule has 0 aliphatic heterocycles. The number of nitrogen functional groups attached to an aromatic ring is 1. The molecule has 1 amide bonds. The summed E-state index contributed by atoms with van der Waals surface area (Å²) in [7, 11) is 0. The first-order chi connectivity index (χ1) is 7.85. The first-order valence-electron chi connectivity index (χ1n) is 5.41. The number of benzene rings is 1. The van der Waals surface area contributed by atoms with Crippen molar-refractivity contribution >= 4 is 27.5 Å². The molecule has 0 radical (unpaired) electrons. The minimum Gasteiger partial charge on any atom is -0.399 e. The highest BCUT2D eigenvalue weighted by molar-refractivity contribution is 9.10. The summed E-state index contributed by atoms with van der Waals surface area (Å²) < 4.78 is 0.681. The van der Waals surface area contributed by atoms with E-state index >= 15 is 0 Å². The van der Waals surface area contributed by atoms with Crippen LogP contribution in [0.4, 0.5) is 5.69 Å². The molecule has 0 saturated heterocycles. The molecule has 0 aliphatic carbocycles. The predicted octanol–water partition coefficient (Wildman–Crippen LogP) is 1.92. The molecule has 0 fully saturated rings. The van der Waals surface area contributed by atoms with Gasteiger partial charge in [-0.15, -0.1) is 0 Å². The molecule has 4 N–H and O–H groups in total. The molecule has 1 unspecified atom stereocenters. The molecule has 1 rings (SSSR count). The van der Waals surface area contributed by atoms with Gasteiger partial charge in [-0.25, -0.2) is 0 Å². The van der Waals surface area contributed by atoms with Crippen molar-refractivity contribution in [2.75, 3.05) is 12.3 Å². The molecule has 0 aliphatic rings. The number of hydrogen-bond donors (Lipinski definition) is 3. The lowest BCUT2D eigenvalue weighted by atomic mass is 10.0. The van der Waals surface area contributed by atoms with Crippen LogP contribution in [-0.4, -0.2) is 23.2 Å². The van der Waals surface area contributed by atoms with E-state index < -0.39 is 5.60 Å². The molecule has 94 valence electrons. The Balaban J connectivity index is 2.74. The van der Waals surface area contributed by atoms with Crippen LogP contribution < -0.4 is 11.1 Å². The Hall–Kier alpha value is -1.07. The second kappa shape index (κ2) is 5.51. The summed E-state index contributed by atoms with van der Waals surface area (Å²) in [6.07, 6.45) is 0.575. The van der Waals surface area contributed by atoms with E-state index in [0.29, 0.717) is 22.1 Å². The van der Waals surface area contributed by atoms with Crippen LogP contribution in [0.5, 0.6) is 0 Å². The monoisotopic (exact) mass is 300 g/mol. The number of amides is 1. The Labute approximate surface area is 109 Å². The Kier molecular flexibility index (Phi) is 4.54. The number of aliphatic hydroxyl groups is 1. The zero-order valence-electron chi connectivity index (χ0n) is 9.96. The lowest BCUT2D eigenvalue weighted by Crippen LogP contribution is -2.40. The van der Waals surface area contributed by atoms with Gasteiger partial charge in [0.2, 0.25) is 0 Å². The van der Waals surface area contributed by atoms with Crippen LogP contribution in [0.25, 0.3) is 0 Å². The van der Waals surface area contributed by atoms with E-state index in [9.17, 15) is 9.90 Å². The second-order valence-electron chi connectivity index (χ2n) is 4.27. The van der Waals surface area contributed by atoms with E-state index in [1.807, 2.05) is 6.92 Å². The average molecular weight is 301 g/mol. The van der Waals surface area contributed by atoms with Crippen LogP contribution in [0.15, 0.2) is 22.7 Å². The molecule has 4 nitrogen and oxygen atoms in total. The molecule has 0 spiro atoms. The maximum atomic E-state index is 11.9. The standard InChI is InChI=1S/C12H17BrN2O2/c1-3-12(2,17)7-15-11(16)9-6-8(14)4-5-10(9)13/h4-6,17H,3,7,14H2,1-2H3,(H,15,16). The summed E-state index contributed by atoms with van der Waals surface area (Å²) in [5.74, 6) is -0.252. The number of halogens is 1. The summed E-state index contributed by atoms with van der Waals surface area (Å²) in [4.78, 5) is 11.9. The number of rotatable bonds is 4. The highest BCUT2D eigenvalue weighted by Gasteiger charge is 2.19. The molecule has 0 bridgehead atoms. The zero-order valence-corrected chi connectivity index (χ0v) is 11.5. The van der Waals surface area contributed by atoms with Crippen LogP contribution >= 0.6 is 15.9 Å². The van der Waals surface area contributed by atoms with Crippen molar-refractivity contribution in [1.82, 2.24) is 5.32 Å². The molecule has 0 aromatic heterocycles. The molecular formula is C12H17BrN2O2. The Morgan fingerprint density at radius 1 is 1.59 bits per heavy atom. The maximum Gasteiger partial charge on any atom is 0.252 e. The minimum atomic E-state index is -0.886. The molecule has 5 heteroatoms. The van der Waals surface area contributed by atoms with Gasteiger partial charge in [0.1, 0.15) is 0 Å². The molecule has 0 saturated carbocycles. The SMILES string of the molecule is CCC(C)(O)CNC(=O)c1cc(N)ccc1Br. The van der Waals surface area contributed by atoms with Gasteiger partial charge in [-0.3, -0.25) is 4.79 Å². The quantitative estimate of drug-likeness (QED) is 0.744. The average Bonchev–Trinajstić information content (AvgIpc) is 2.29. The van der Waals surface area contributed by atoms with Crippen LogP contribution in [0.1, 0.15) is 30.6 Å². The van der Waals surface area contributed by atoms with E-state index in [1.54, 1.807) is 25.1 Å². The summed E-state index contributed by atoms with van der Waals surface area (Å²) in [6, 6.07) is 5.03.